The largest absolute Gasteiger partial charge is 0.322 e. The topological polar surface area (TPSA) is 144 Å². The van der Waals surface area contributed by atoms with Crippen LogP contribution in [0.15, 0.2) is 12.4 Å². The summed E-state index contributed by atoms with van der Waals surface area (Å²) < 4.78 is 28.7. The van der Waals surface area contributed by atoms with E-state index in [9.17, 15) is 13.6 Å². The Kier molecular flexibility index (Phi) is 5.64. The fourth-order valence-corrected chi connectivity index (χ4v) is 5.53. The second kappa shape index (κ2) is 8.76. The second-order valence-corrected chi connectivity index (χ2v) is 11.2. The molecule has 0 bridgehead atoms. The standard InChI is InChI=1S/C26H29F2N11O/c1-12-29-8-16(27)19(31-12)7-18-14-10-38(25(3,4)20(14)35-34-18)24(40)39-11-15-21(26(39,5)6)36-37-22(15)33-23-17(28)9-30-13(2)32-23/h8-9H,7,10-11H2,1-6H3,(H,34,35)(H2,30,32,33,36,37). The molecule has 2 aliphatic rings. The summed E-state index contributed by atoms with van der Waals surface area (Å²) in [6, 6.07) is -0.192. The van der Waals surface area contributed by atoms with Crippen LogP contribution in [0.1, 0.15) is 73.2 Å². The number of H-pyrrole nitrogens is 2. The van der Waals surface area contributed by atoms with E-state index in [1.54, 1.807) is 23.6 Å². The number of aryl methyl sites for hydroxylation is 2. The molecular weight excluding hydrogens is 520 g/mol. The number of hydrogen-bond acceptors (Lipinski definition) is 8. The number of urea groups is 1. The van der Waals surface area contributed by atoms with Gasteiger partial charge in [-0.15, -0.1) is 0 Å². The SMILES string of the molecule is Cc1ncc(F)c(Cc2[nH]nc3c2CN(C(=O)N2Cc4c(Nc5nc(C)ncc5F)n[nH]c4C2(C)C)C3(C)C)n1. The molecule has 14 heteroatoms. The van der Waals surface area contributed by atoms with Gasteiger partial charge in [-0.25, -0.2) is 33.5 Å². The van der Waals surface area contributed by atoms with Crippen LogP contribution in [0.25, 0.3) is 0 Å². The maximum absolute atomic E-state index is 14.4. The summed E-state index contributed by atoms with van der Waals surface area (Å²) in [4.78, 5) is 33.8. The smallest absolute Gasteiger partial charge is 0.321 e. The van der Waals surface area contributed by atoms with Crippen LogP contribution in [0.4, 0.5) is 25.2 Å². The Balaban J connectivity index is 1.26. The summed E-state index contributed by atoms with van der Waals surface area (Å²) in [5, 5.41) is 17.9. The summed E-state index contributed by atoms with van der Waals surface area (Å²) in [7, 11) is 0. The van der Waals surface area contributed by atoms with E-state index in [0.717, 1.165) is 34.9 Å². The molecule has 4 aromatic heterocycles. The third-order valence-corrected chi connectivity index (χ3v) is 7.84. The Bertz CT molecular complexity index is 1540. The molecular formula is C26H29F2N11O. The lowest BCUT2D eigenvalue weighted by molar-refractivity contribution is 0.0732. The number of rotatable bonds is 4. The molecule has 3 N–H and O–H groups in total. The highest BCUT2D eigenvalue weighted by Crippen LogP contribution is 2.45. The molecule has 6 heterocycles. The summed E-state index contributed by atoms with van der Waals surface area (Å²) >= 11 is 0. The summed E-state index contributed by atoms with van der Waals surface area (Å²) in [5.41, 5.74) is 2.60. The van der Waals surface area contributed by atoms with Crippen LogP contribution >= 0.6 is 0 Å². The quantitative estimate of drug-likeness (QED) is 0.348. The van der Waals surface area contributed by atoms with Gasteiger partial charge in [-0.3, -0.25) is 10.2 Å². The van der Waals surface area contributed by atoms with Crippen LogP contribution in [0, 0.1) is 25.5 Å². The summed E-state index contributed by atoms with van der Waals surface area (Å²) in [6.45, 7) is 11.7. The Morgan fingerprint density at radius 2 is 1.55 bits per heavy atom. The van der Waals surface area contributed by atoms with E-state index in [4.69, 9.17) is 0 Å². The van der Waals surface area contributed by atoms with Gasteiger partial charge in [-0.05, 0) is 41.5 Å². The van der Waals surface area contributed by atoms with Gasteiger partial charge in [0.25, 0.3) is 0 Å². The van der Waals surface area contributed by atoms with Gasteiger partial charge in [0, 0.05) is 23.2 Å². The van der Waals surface area contributed by atoms with Crippen LogP contribution in [0.3, 0.4) is 0 Å². The average molecular weight is 550 g/mol. The number of nitrogens with zero attached hydrogens (tertiary/aromatic N) is 8. The van der Waals surface area contributed by atoms with Crippen LogP contribution in [0.2, 0.25) is 0 Å². The maximum atomic E-state index is 14.4. The third-order valence-electron chi connectivity index (χ3n) is 7.84. The molecule has 2 amide bonds. The maximum Gasteiger partial charge on any atom is 0.322 e. The minimum Gasteiger partial charge on any atom is -0.321 e. The van der Waals surface area contributed by atoms with Crippen molar-refractivity contribution in [1.29, 1.82) is 0 Å². The first-order valence-electron chi connectivity index (χ1n) is 12.9. The zero-order valence-corrected chi connectivity index (χ0v) is 23.0. The van der Waals surface area contributed by atoms with Gasteiger partial charge in [0.15, 0.2) is 23.3 Å². The molecule has 6 rings (SSSR count). The number of aromatic amines is 2. The highest BCUT2D eigenvalue weighted by molar-refractivity contribution is 5.79. The summed E-state index contributed by atoms with van der Waals surface area (Å²) in [5.74, 6) is 0.207. The molecule has 12 nitrogen and oxygen atoms in total. The molecule has 40 heavy (non-hydrogen) atoms. The van der Waals surface area contributed by atoms with E-state index in [2.05, 4.69) is 45.6 Å². The summed E-state index contributed by atoms with van der Waals surface area (Å²) in [6.07, 6.45) is 2.47. The number of amides is 2. The highest BCUT2D eigenvalue weighted by Gasteiger charge is 2.51. The molecule has 208 valence electrons. The minimum absolute atomic E-state index is 0.0122. The molecule has 0 radical (unpaired) electrons. The normalized spacial score (nSPS) is 16.8. The van der Waals surface area contributed by atoms with Crippen molar-refractivity contribution in [2.45, 2.75) is 72.1 Å². The van der Waals surface area contributed by atoms with Crippen molar-refractivity contribution in [2.75, 3.05) is 5.32 Å². The molecule has 0 fully saturated rings. The first-order chi connectivity index (χ1) is 18.9. The number of hydrogen-bond donors (Lipinski definition) is 3. The number of aromatic nitrogens is 8. The van der Waals surface area contributed by atoms with Crippen molar-refractivity contribution in [2.24, 2.45) is 0 Å². The molecule has 2 aliphatic heterocycles. The average Bonchev–Trinajstić information content (AvgIpc) is 3.61. The molecule has 4 aromatic rings. The number of nitrogens with one attached hydrogen (secondary N) is 3. The van der Waals surface area contributed by atoms with Crippen molar-refractivity contribution < 1.29 is 13.6 Å². The van der Waals surface area contributed by atoms with Gasteiger partial charge in [0.1, 0.15) is 11.6 Å². The Hall–Kier alpha value is -4.49. The third kappa shape index (κ3) is 3.88. The van der Waals surface area contributed by atoms with Gasteiger partial charge in [0.05, 0.1) is 53.6 Å². The van der Waals surface area contributed by atoms with Crippen LogP contribution in [-0.2, 0) is 30.6 Å². The zero-order valence-electron chi connectivity index (χ0n) is 23.0. The number of fused-ring (bicyclic) bond motifs is 2. The van der Waals surface area contributed by atoms with E-state index < -0.39 is 22.7 Å². The molecule has 0 spiro atoms. The van der Waals surface area contributed by atoms with Crippen LogP contribution in [0.5, 0.6) is 0 Å². The first kappa shape index (κ1) is 25.8. The van der Waals surface area contributed by atoms with Crippen LogP contribution in [-0.4, -0.2) is 56.2 Å². The lowest BCUT2D eigenvalue weighted by Gasteiger charge is -2.39. The Morgan fingerprint density at radius 3 is 2.30 bits per heavy atom. The second-order valence-electron chi connectivity index (χ2n) is 11.2. The van der Waals surface area contributed by atoms with E-state index >= 15 is 0 Å². The van der Waals surface area contributed by atoms with Crippen molar-refractivity contribution in [3.63, 3.8) is 0 Å². The monoisotopic (exact) mass is 549 g/mol. The van der Waals surface area contributed by atoms with Crippen molar-refractivity contribution in [3.8, 4) is 0 Å². The molecule has 0 unspecified atom stereocenters. The number of carbonyl (C=O) groups is 1. The van der Waals surface area contributed by atoms with Crippen LogP contribution < -0.4 is 5.32 Å². The molecule has 0 aromatic carbocycles. The predicted octanol–water partition coefficient (Wildman–Crippen LogP) is 3.86. The van der Waals surface area contributed by atoms with Gasteiger partial charge >= 0.3 is 6.03 Å². The van der Waals surface area contributed by atoms with Gasteiger partial charge in [-0.2, -0.15) is 10.2 Å². The van der Waals surface area contributed by atoms with Crippen molar-refractivity contribution in [3.05, 3.63) is 69.6 Å². The lowest BCUT2D eigenvalue weighted by Crippen LogP contribution is -2.51. The van der Waals surface area contributed by atoms with E-state index in [0.29, 0.717) is 29.7 Å². The fraction of sp³-hybridized carbons (Fsp3) is 0.423. The number of halogens is 2. The Labute approximate surface area is 228 Å². The molecule has 0 aliphatic carbocycles. The predicted molar refractivity (Wildman–Crippen MR) is 139 cm³/mol. The number of anilines is 2. The zero-order chi connectivity index (χ0) is 28.6. The minimum atomic E-state index is -0.730. The van der Waals surface area contributed by atoms with E-state index in [1.807, 2.05) is 27.7 Å². The molecule has 0 atom stereocenters. The van der Waals surface area contributed by atoms with Crippen molar-refractivity contribution in [1.82, 2.24) is 50.1 Å². The fourth-order valence-electron chi connectivity index (χ4n) is 5.53. The molecule has 0 saturated carbocycles. The Morgan fingerprint density at radius 1 is 0.900 bits per heavy atom. The molecule has 0 saturated heterocycles. The lowest BCUT2D eigenvalue weighted by atomic mass is 9.99. The van der Waals surface area contributed by atoms with Gasteiger partial charge in [-0.1, -0.05) is 0 Å². The first-order valence-corrected chi connectivity index (χ1v) is 12.9. The highest BCUT2D eigenvalue weighted by atomic mass is 19.1. The van der Waals surface area contributed by atoms with Gasteiger partial charge in [0.2, 0.25) is 0 Å². The van der Waals surface area contributed by atoms with E-state index in [-0.39, 0.29) is 30.5 Å². The number of carbonyl (C=O) groups excluding carboxylic acids is 1. The van der Waals surface area contributed by atoms with Crippen molar-refractivity contribution >= 4 is 17.7 Å². The van der Waals surface area contributed by atoms with E-state index in [1.165, 1.54) is 0 Å². The van der Waals surface area contributed by atoms with Gasteiger partial charge < -0.3 is 15.1 Å².